The number of hydrogen-bond donors (Lipinski definition) is 2. The van der Waals surface area contributed by atoms with Crippen LogP contribution in [0.5, 0.6) is 5.75 Å². The molecule has 0 aliphatic heterocycles. The minimum Gasteiger partial charge on any atom is -0.495 e. The lowest BCUT2D eigenvalue weighted by molar-refractivity contribution is -0.385. The maximum Gasteiger partial charge on any atom is 0.332 e. The van der Waals surface area contributed by atoms with Crippen molar-refractivity contribution in [3.63, 3.8) is 0 Å². The van der Waals surface area contributed by atoms with Gasteiger partial charge < -0.3 is 15.4 Å². The number of aryl methyl sites for hydroxylation is 3. The van der Waals surface area contributed by atoms with Crippen LogP contribution in [0.1, 0.15) is 16.8 Å². The van der Waals surface area contributed by atoms with Gasteiger partial charge in [0.05, 0.1) is 17.7 Å². The average Bonchev–Trinajstić information content (AvgIpc) is 2.64. The Kier molecular flexibility index (Phi) is 5.39. The fraction of sp³-hybridized carbons (Fsp3) is 0.200. The van der Waals surface area contributed by atoms with E-state index in [-0.39, 0.29) is 23.1 Å². The van der Waals surface area contributed by atoms with Gasteiger partial charge in [-0.25, -0.2) is 4.98 Å². The van der Waals surface area contributed by atoms with Gasteiger partial charge in [0.25, 0.3) is 0 Å². The number of ether oxygens (including phenoxy) is 1. The monoisotopic (exact) mass is 379 g/mol. The third-order valence-corrected chi connectivity index (χ3v) is 4.23. The SMILES string of the molecule is COc1ccccc1Nc1nc(Nc2ccc(C)cc2C)nc(C)c1[N+](=O)[O-]. The van der Waals surface area contributed by atoms with Gasteiger partial charge in [-0.3, -0.25) is 10.1 Å². The molecule has 3 rings (SSSR count). The molecule has 144 valence electrons. The molecule has 0 spiro atoms. The summed E-state index contributed by atoms with van der Waals surface area (Å²) >= 11 is 0. The molecule has 3 aromatic rings. The first-order valence-electron chi connectivity index (χ1n) is 8.66. The molecule has 28 heavy (non-hydrogen) atoms. The minimum atomic E-state index is -0.492. The minimum absolute atomic E-state index is 0.0919. The first-order valence-corrected chi connectivity index (χ1v) is 8.66. The summed E-state index contributed by atoms with van der Waals surface area (Å²) in [5, 5.41) is 17.7. The topological polar surface area (TPSA) is 102 Å². The van der Waals surface area contributed by atoms with Crippen molar-refractivity contribution in [3.8, 4) is 5.75 Å². The van der Waals surface area contributed by atoms with Crippen LogP contribution in [0.4, 0.5) is 28.8 Å². The standard InChI is InChI=1S/C20H21N5O3/c1-12-9-10-15(13(2)11-12)23-20-21-14(3)18(25(26)27)19(24-20)22-16-7-5-6-8-17(16)28-4/h5-11H,1-4H3,(H2,21,22,23,24). The molecule has 0 fully saturated rings. The summed E-state index contributed by atoms with van der Waals surface area (Å²) in [7, 11) is 1.54. The van der Waals surface area contributed by atoms with E-state index in [2.05, 4.69) is 20.6 Å². The van der Waals surface area contributed by atoms with Gasteiger partial charge in [-0.05, 0) is 44.5 Å². The Morgan fingerprint density at radius 1 is 1.00 bits per heavy atom. The molecule has 0 atom stereocenters. The molecule has 0 unspecified atom stereocenters. The third-order valence-electron chi connectivity index (χ3n) is 4.23. The van der Waals surface area contributed by atoms with Crippen molar-refractivity contribution < 1.29 is 9.66 Å². The zero-order chi connectivity index (χ0) is 20.3. The second-order valence-corrected chi connectivity index (χ2v) is 6.36. The zero-order valence-electron chi connectivity index (χ0n) is 16.1. The predicted molar refractivity (Wildman–Crippen MR) is 109 cm³/mol. The molecule has 0 aliphatic carbocycles. The fourth-order valence-electron chi connectivity index (χ4n) is 2.88. The van der Waals surface area contributed by atoms with Crippen LogP contribution < -0.4 is 15.4 Å². The van der Waals surface area contributed by atoms with Gasteiger partial charge in [-0.2, -0.15) is 4.98 Å². The Labute approximate surface area is 162 Å². The largest absolute Gasteiger partial charge is 0.495 e. The molecule has 0 amide bonds. The predicted octanol–water partition coefficient (Wildman–Crippen LogP) is 4.81. The van der Waals surface area contributed by atoms with Gasteiger partial charge >= 0.3 is 5.69 Å². The molecule has 1 aromatic heterocycles. The second kappa shape index (κ2) is 7.91. The second-order valence-electron chi connectivity index (χ2n) is 6.36. The van der Waals surface area contributed by atoms with Gasteiger partial charge in [-0.1, -0.05) is 29.8 Å². The van der Waals surface area contributed by atoms with Crippen molar-refractivity contribution in [1.82, 2.24) is 9.97 Å². The normalized spacial score (nSPS) is 10.4. The number of aromatic nitrogens is 2. The van der Waals surface area contributed by atoms with Crippen LogP contribution in [0, 0.1) is 30.9 Å². The Morgan fingerprint density at radius 3 is 2.43 bits per heavy atom. The van der Waals surface area contributed by atoms with Gasteiger partial charge in [-0.15, -0.1) is 0 Å². The highest BCUT2D eigenvalue weighted by Gasteiger charge is 2.23. The zero-order valence-corrected chi connectivity index (χ0v) is 16.1. The molecule has 2 N–H and O–H groups in total. The molecule has 1 heterocycles. The number of nitrogens with zero attached hydrogens (tertiary/aromatic N) is 3. The molecule has 8 nitrogen and oxygen atoms in total. The first kappa shape index (κ1) is 19.1. The van der Waals surface area contributed by atoms with E-state index in [4.69, 9.17) is 4.74 Å². The van der Waals surface area contributed by atoms with Crippen LogP contribution in [0.25, 0.3) is 0 Å². The van der Waals surface area contributed by atoms with E-state index in [9.17, 15) is 10.1 Å². The molecule has 2 aromatic carbocycles. The number of anilines is 4. The smallest absolute Gasteiger partial charge is 0.332 e. The molecular weight excluding hydrogens is 358 g/mol. The third kappa shape index (κ3) is 4.01. The van der Waals surface area contributed by atoms with Crippen LogP contribution in [-0.4, -0.2) is 22.0 Å². The van der Waals surface area contributed by atoms with E-state index < -0.39 is 4.92 Å². The van der Waals surface area contributed by atoms with Crippen molar-refractivity contribution in [1.29, 1.82) is 0 Å². The van der Waals surface area contributed by atoms with Crippen LogP contribution in [0.15, 0.2) is 42.5 Å². The van der Waals surface area contributed by atoms with E-state index in [1.165, 1.54) is 7.11 Å². The maximum absolute atomic E-state index is 11.6. The van der Waals surface area contributed by atoms with Crippen LogP contribution in [0.3, 0.4) is 0 Å². The lowest BCUT2D eigenvalue weighted by Gasteiger charge is -2.14. The Morgan fingerprint density at radius 2 is 1.75 bits per heavy atom. The molecule has 0 bridgehead atoms. The van der Waals surface area contributed by atoms with E-state index in [0.29, 0.717) is 11.4 Å². The molecule has 8 heteroatoms. The molecule has 0 saturated carbocycles. The summed E-state index contributed by atoms with van der Waals surface area (Å²) in [6.45, 7) is 5.57. The van der Waals surface area contributed by atoms with Crippen LogP contribution in [-0.2, 0) is 0 Å². The highest BCUT2D eigenvalue weighted by Crippen LogP contribution is 2.33. The summed E-state index contributed by atoms with van der Waals surface area (Å²) in [6, 6.07) is 13.1. The number of nitrogens with one attached hydrogen (secondary N) is 2. The van der Waals surface area contributed by atoms with Crippen LogP contribution >= 0.6 is 0 Å². The summed E-state index contributed by atoms with van der Waals surface area (Å²) in [5.41, 5.74) is 3.65. The van der Waals surface area contributed by atoms with Gasteiger partial charge in [0, 0.05) is 5.69 Å². The van der Waals surface area contributed by atoms with Crippen molar-refractivity contribution in [2.45, 2.75) is 20.8 Å². The fourth-order valence-corrected chi connectivity index (χ4v) is 2.88. The number of nitro groups is 1. The first-order chi connectivity index (χ1) is 13.4. The summed E-state index contributed by atoms with van der Waals surface area (Å²) in [4.78, 5) is 19.7. The number of hydrogen-bond acceptors (Lipinski definition) is 7. The van der Waals surface area contributed by atoms with E-state index in [1.54, 1.807) is 25.1 Å². The van der Waals surface area contributed by atoms with Gasteiger partial charge in [0.2, 0.25) is 11.8 Å². The van der Waals surface area contributed by atoms with E-state index >= 15 is 0 Å². The number of benzene rings is 2. The van der Waals surface area contributed by atoms with Crippen molar-refractivity contribution in [2.24, 2.45) is 0 Å². The lowest BCUT2D eigenvalue weighted by Crippen LogP contribution is -2.08. The number of methoxy groups -OCH3 is 1. The Balaban J connectivity index is 2.03. The van der Waals surface area contributed by atoms with Gasteiger partial charge in [0.15, 0.2) is 0 Å². The van der Waals surface area contributed by atoms with Crippen molar-refractivity contribution in [3.05, 3.63) is 69.4 Å². The van der Waals surface area contributed by atoms with Crippen molar-refractivity contribution in [2.75, 3.05) is 17.7 Å². The maximum atomic E-state index is 11.6. The quantitative estimate of drug-likeness (QED) is 0.468. The van der Waals surface area contributed by atoms with Crippen molar-refractivity contribution >= 4 is 28.8 Å². The summed E-state index contributed by atoms with van der Waals surface area (Å²) < 4.78 is 5.31. The molecular formula is C20H21N5O3. The van der Waals surface area contributed by atoms with E-state index in [1.807, 2.05) is 38.1 Å². The number of rotatable bonds is 6. The van der Waals surface area contributed by atoms with Gasteiger partial charge in [0.1, 0.15) is 11.4 Å². The Bertz CT molecular complexity index is 1040. The highest BCUT2D eigenvalue weighted by atomic mass is 16.6. The lowest BCUT2D eigenvalue weighted by atomic mass is 10.1. The average molecular weight is 379 g/mol. The molecule has 0 saturated heterocycles. The van der Waals surface area contributed by atoms with E-state index in [0.717, 1.165) is 16.8 Å². The molecule has 0 radical (unpaired) electrons. The van der Waals surface area contributed by atoms with Crippen LogP contribution in [0.2, 0.25) is 0 Å². The summed E-state index contributed by atoms with van der Waals surface area (Å²) in [6.07, 6.45) is 0. The molecule has 0 aliphatic rings. The Hall–Kier alpha value is -3.68. The highest BCUT2D eigenvalue weighted by molar-refractivity contribution is 5.72. The number of para-hydroxylation sites is 2. The summed E-state index contributed by atoms with van der Waals surface area (Å²) in [5.74, 6) is 0.915.